The molecule has 0 aliphatic rings. The minimum atomic E-state index is -3.17. The van der Waals surface area contributed by atoms with Gasteiger partial charge in [-0.2, -0.15) is 0 Å². The van der Waals surface area contributed by atoms with Crippen molar-refractivity contribution in [3.8, 4) is 0 Å². The van der Waals surface area contributed by atoms with E-state index in [0.29, 0.717) is 25.9 Å². The molecule has 0 saturated carbocycles. The lowest BCUT2D eigenvalue weighted by atomic mass is 9.94. The van der Waals surface area contributed by atoms with Gasteiger partial charge in [-0.25, -0.2) is 0 Å². The number of hydrogen-bond donors (Lipinski definition) is 3. The van der Waals surface area contributed by atoms with E-state index in [2.05, 4.69) is 13.8 Å². The molecule has 0 rings (SSSR count). The number of nitrogens with zero attached hydrogens (tertiary/aromatic N) is 1. The Bertz CT molecular complexity index is 610. The molecular formula is C41H86NO5P. The summed E-state index contributed by atoms with van der Waals surface area (Å²) in [6, 6.07) is 0. The number of aliphatic hydroxyl groups excluding tert-OH is 2. The lowest BCUT2D eigenvalue weighted by molar-refractivity contribution is -0.111. The zero-order valence-electron chi connectivity index (χ0n) is 32.5. The van der Waals surface area contributed by atoms with E-state index in [0.717, 1.165) is 25.7 Å². The lowest BCUT2D eigenvalue weighted by Crippen LogP contribution is -2.52. The Morgan fingerprint density at radius 3 is 0.875 bits per heavy atom. The molecule has 0 amide bonds. The van der Waals surface area contributed by atoms with Gasteiger partial charge in [0.15, 0.2) is 0 Å². The van der Waals surface area contributed by atoms with Gasteiger partial charge < -0.3 is 15.1 Å². The van der Waals surface area contributed by atoms with E-state index < -0.39 is 14.0 Å². The molecule has 0 saturated heterocycles. The van der Waals surface area contributed by atoms with E-state index in [1.165, 1.54) is 180 Å². The minimum Gasteiger partial charge on any atom is -0.395 e. The molecule has 3 N–H and O–H groups in total. The third-order valence-corrected chi connectivity index (χ3v) is 11.0. The van der Waals surface area contributed by atoms with E-state index in [1.54, 1.807) is 0 Å². The van der Waals surface area contributed by atoms with Crippen molar-refractivity contribution in [3.05, 3.63) is 0 Å². The van der Waals surface area contributed by atoms with Gasteiger partial charge >= 0.3 is 8.25 Å². The maximum absolute atomic E-state index is 12.1. The highest BCUT2D eigenvalue weighted by molar-refractivity contribution is 7.32. The van der Waals surface area contributed by atoms with Crippen LogP contribution in [0.15, 0.2) is 0 Å². The number of unbranched alkanes of at least 4 members (excludes halogenated alkanes) is 30. The van der Waals surface area contributed by atoms with Gasteiger partial charge in [-0.1, -0.05) is 206 Å². The average molecular weight is 704 g/mol. The first-order chi connectivity index (χ1) is 23.6. The molecule has 0 aliphatic carbocycles. The largest absolute Gasteiger partial charge is 0.395 e. The molecule has 0 heterocycles. The van der Waals surface area contributed by atoms with Crippen LogP contribution in [0.2, 0.25) is 0 Å². The second-order valence-electron chi connectivity index (χ2n) is 14.9. The van der Waals surface area contributed by atoms with E-state index in [1.807, 2.05) is 4.90 Å². The molecule has 290 valence electrons. The Morgan fingerprint density at radius 1 is 0.438 bits per heavy atom. The van der Waals surface area contributed by atoms with Crippen molar-refractivity contribution in [1.29, 1.82) is 0 Å². The van der Waals surface area contributed by atoms with Crippen LogP contribution in [0.5, 0.6) is 0 Å². The van der Waals surface area contributed by atoms with Crippen LogP contribution in [0, 0.1) is 0 Å². The zero-order valence-corrected chi connectivity index (χ0v) is 33.5. The first-order valence-electron chi connectivity index (χ1n) is 21.4. The monoisotopic (exact) mass is 704 g/mol. The van der Waals surface area contributed by atoms with Crippen molar-refractivity contribution in [2.75, 3.05) is 26.3 Å². The quantitative estimate of drug-likeness (QED) is 0.0334. The van der Waals surface area contributed by atoms with Crippen LogP contribution >= 0.6 is 8.25 Å². The third kappa shape index (κ3) is 30.8. The molecule has 0 radical (unpaired) electrons. The number of aliphatic hydroxyl groups is 2. The van der Waals surface area contributed by atoms with E-state index >= 15 is 0 Å². The SMILES string of the molecule is CCCCCCCCCCCCCCCCCCC(CCCCCCCCCCCCCCCCCC)(O[PH](=O)O)N(CCO)CCO. The molecule has 48 heavy (non-hydrogen) atoms. The summed E-state index contributed by atoms with van der Waals surface area (Å²) in [5.41, 5.74) is -0.887. The maximum Gasteiger partial charge on any atom is 0.318 e. The Kier molecular flexibility index (Phi) is 38.3. The number of rotatable bonds is 41. The molecule has 0 aromatic rings. The predicted molar refractivity (Wildman–Crippen MR) is 209 cm³/mol. The summed E-state index contributed by atoms with van der Waals surface area (Å²) in [6.07, 6.45) is 43.3. The highest BCUT2D eigenvalue weighted by Gasteiger charge is 2.38. The summed E-state index contributed by atoms with van der Waals surface area (Å²) < 4.78 is 17.9. The molecule has 0 bridgehead atoms. The maximum atomic E-state index is 12.1. The topological polar surface area (TPSA) is 90.2 Å². The minimum absolute atomic E-state index is 0.0601. The summed E-state index contributed by atoms with van der Waals surface area (Å²) in [7, 11) is -3.17. The normalized spacial score (nSPS) is 12.8. The van der Waals surface area contributed by atoms with Crippen molar-refractivity contribution >= 4 is 8.25 Å². The molecule has 1 unspecified atom stereocenters. The van der Waals surface area contributed by atoms with Crippen LogP contribution in [-0.4, -0.2) is 52.0 Å². The van der Waals surface area contributed by atoms with Gasteiger partial charge in [-0.05, 0) is 25.7 Å². The van der Waals surface area contributed by atoms with Gasteiger partial charge in [0.05, 0.1) is 13.2 Å². The second-order valence-corrected chi connectivity index (χ2v) is 15.6. The molecule has 6 nitrogen and oxygen atoms in total. The fraction of sp³-hybridized carbons (Fsp3) is 1.00. The number of hydrogen-bond acceptors (Lipinski definition) is 5. The van der Waals surface area contributed by atoms with E-state index in [-0.39, 0.29) is 13.2 Å². The summed E-state index contributed by atoms with van der Waals surface area (Å²) in [4.78, 5) is 11.8. The second kappa shape index (κ2) is 38.3. The summed E-state index contributed by atoms with van der Waals surface area (Å²) in [5.74, 6) is 0. The van der Waals surface area contributed by atoms with Gasteiger partial charge in [0, 0.05) is 13.1 Å². The van der Waals surface area contributed by atoms with Crippen LogP contribution < -0.4 is 0 Å². The van der Waals surface area contributed by atoms with Gasteiger partial charge in [0.2, 0.25) is 0 Å². The van der Waals surface area contributed by atoms with Gasteiger partial charge in [-0.15, -0.1) is 0 Å². The predicted octanol–water partition coefficient (Wildman–Crippen LogP) is 12.7. The summed E-state index contributed by atoms with van der Waals surface area (Å²) >= 11 is 0. The Labute approximate surface area is 300 Å². The molecule has 0 aliphatic heterocycles. The van der Waals surface area contributed by atoms with Crippen molar-refractivity contribution in [1.82, 2.24) is 4.90 Å². The Balaban J connectivity index is 4.30. The molecule has 1 atom stereocenters. The third-order valence-electron chi connectivity index (χ3n) is 10.4. The van der Waals surface area contributed by atoms with Gasteiger partial charge in [-0.3, -0.25) is 14.0 Å². The first-order valence-corrected chi connectivity index (χ1v) is 22.7. The zero-order chi connectivity index (χ0) is 35.2. The van der Waals surface area contributed by atoms with Crippen LogP contribution in [0.1, 0.15) is 232 Å². The van der Waals surface area contributed by atoms with Crippen molar-refractivity contribution in [2.24, 2.45) is 0 Å². The molecular weight excluding hydrogens is 617 g/mol. The van der Waals surface area contributed by atoms with Crippen LogP contribution in [-0.2, 0) is 9.09 Å². The van der Waals surface area contributed by atoms with Crippen molar-refractivity contribution < 1.29 is 24.2 Å². The van der Waals surface area contributed by atoms with Gasteiger partial charge in [0.25, 0.3) is 0 Å². The fourth-order valence-corrected chi connectivity index (χ4v) is 8.09. The van der Waals surface area contributed by atoms with Gasteiger partial charge in [0.1, 0.15) is 5.72 Å². The molecule has 0 spiro atoms. The average Bonchev–Trinajstić information content (AvgIpc) is 3.07. The van der Waals surface area contributed by atoms with E-state index in [4.69, 9.17) is 4.52 Å². The van der Waals surface area contributed by atoms with Crippen LogP contribution in [0.25, 0.3) is 0 Å². The smallest absolute Gasteiger partial charge is 0.318 e. The molecule has 0 aromatic heterocycles. The summed E-state index contributed by atoms with van der Waals surface area (Å²) in [6.45, 7) is 5.12. The van der Waals surface area contributed by atoms with E-state index in [9.17, 15) is 19.7 Å². The standard InChI is InChI=1S/C41H86NO5P/c1-3-5-7-9-11-13-15-17-19-21-23-25-27-29-31-33-35-41(47-48(45)46,42(37-39-43)38-40-44)36-34-32-30-28-26-24-22-20-18-16-14-12-10-8-6-4-2/h43-44,48H,3-40H2,1-2H3,(H,45,46). The van der Waals surface area contributed by atoms with Crippen LogP contribution in [0.4, 0.5) is 0 Å². The Morgan fingerprint density at radius 2 is 0.667 bits per heavy atom. The van der Waals surface area contributed by atoms with Crippen LogP contribution in [0.3, 0.4) is 0 Å². The van der Waals surface area contributed by atoms with Crippen molar-refractivity contribution in [3.63, 3.8) is 0 Å². The highest BCUT2D eigenvalue weighted by atomic mass is 31.1. The summed E-state index contributed by atoms with van der Waals surface area (Å²) in [5, 5.41) is 19.5. The first kappa shape index (κ1) is 48.0. The van der Waals surface area contributed by atoms with Crippen molar-refractivity contribution in [2.45, 2.75) is 238 Å². The Hall–Kier alpha value is 0.0300. The molecule has 0 aromatic carbocycles. The fourth-order valence-electron chi connectivity index (χ4n) is 7.43. The molecule has 7 heteroatoms. The highest BCUT2D eigenvalue weighted by Crippen LogP contribution is 2.38. The lowest BCUT2D eigenvalue weighted by Gasteiger charge is -2.43. The molecule has 0 fully saturated rings.